The number of hydrogen-bond donors (Lipinski definition) is 0. The van der Waals surface area contributed by atoms with Gasteiger partial charge in [-0.3, -0.25) is 4.79 Å². The number of carbonyl (C=O) groups is 1. The van der Waals surface area contributed by atoms with Gasteiger partial charge < -0.3 is 9.47 Å². The number of benzene rings is 1. The third-order valence-electron chi connectivity index (χ3n) is 2.03. The third-order valence-corrected chi connectivity index (χ3v) is 2.53. The molecule has 0 unspecified atom stereocenters. The highest BCUT2D eigenvalue weighted by Gasteiger charge is 2.11. The van der Waals surface area contributed by atoms with Gasteiger partial charge in [-0.25, -0.2) is 0 Å². The van der Waals surface area contributed by atoms with Gasteiger partial charge in [-0.2, -0.15) is 0 Å². The van der Waals surface area contributed by atoms with E-state index in [2.05, 4.69) is 15.9 Å². The van der Waals surface area contributed by atoms with Gasteiger partial charge in [0.1, 0.15) is 5.75 Å². The topological polar surface area (TPSA) is 35.5 Å². The molecule has 1 aromatic carbocycles. The monoisotopic (exact) mass is 300 g/mol. The van der Waals surface area contributed by atoms with Crippen LogP contribution in [0.3, 0.4) is 0 Å². The van der Waals surface area contributed by atoms with E-state index >= 15 is 0 Å². The van der Waals surface area contributed by atoms with Gasteiger partial charge in [0.25, 0.3) is 0 Å². The molecule has 0 aliphatic carbocycles. The van der Waals surface area contributed by atoms with Crippen LogP contribution in [0.1, 0.15) is 26.3 Å². The molecule has 17 heavy (non-hydrogen) atoms. The van der Waals surface area contributed by atoms with Gasteiger partial charge in [-0.1, -0.05) is 22.0 Å². The second-order valence-electron chi connectivity index (χ2n) is 3.90. The standard InChI is InChI=1S/C13H17BrO3/c1-4-16-13(15)7-10-5-6-11(14)8-12(10)17-9(2)3/h5-6,8-9H,4,7H2,1-3H3. The molecule has 0 atom stereocenters. The van der Waals surface area contributed by atoms with Crippen molar-refractivity contribution in [2.24, 2.45) is 0 Å². The van der Waals surface area contributed by atoms with E-state index in [1.807, 2.05) is 32.0 Å². The Bertz CT molecular complexity index is 388. The summed E-state index contributed by atoms with van der Waals surface area (Å²) in [6, 6.07) is 5.63. The molecule has 0 amide bonds. The fraction of sp³-hybridized carbons (Fsp3) is 0.462. The fourth-order valence-electron chi connectivity index (χ4n) is 1.41. The summed E-state index contributed by atoms with van der Waals surface area (Å²) in [5.41, 5.74) is 0.848. The lowest BCUT2D eigenvalue weighted by atomic mass is 10.1. The molecule has 0 saturated heterocycles. The molecule has 0 aromatic heterocycles. The number of carbonyl (C=O) groups excluding carboxylic acids is 1. The summed E-state index contributed by atoms with van der Waals surface area (Å²) >= 11 is 3.39. The summed E-state index contributed by atoms with van der Waals surface area (Å²) in [6.45, 7) is 6.10. The Kier molecular flexibility index (Phi) is 5.48. The van der Waals surface area contributed by atoms with Crippen LogP contribution in [0.15, 0.2) is 22.7 Å². The summed E-state index contributed by atoms with van der Waals surface area (Å²) in [5, 5.41) is 0. The van der Waals surface area contributed by atoms with Crippen LogP contribution in [-0.4, -0.2) is 18.7 Å². The van der Waals surface area contributed by atoms with Gasteiger partial charge >= 0.3 is 5.97 Å². The maximum Gasteiger partial charge on any atom is 0.310 e. The predicted octanol–water partition coefficient (Wildman–Crippen LogP) is 3.34. The van der Waals surface area contributed by atoms with E-state index in [0.29, 0.717) is 6.61 Å². The van der Waals surface area contributed by atoms with Gasteiger partial charge in [-0.15, -0.1) is 0 Å². The maximum atomic E-state index is 11.4. The number of rotatable bonds is 5. The first-order valence-corrected chi connectivity index (χ1v) is 6.43. The zero-order chi connectivity index (χ0) is 12.8. The Hall–Kier alpha value is -1.03. The Morgan fingerprint density at radius 1 is 1.41 bits per heavy atom. The maximum absolute atomic E-state index is 11.4. The lowest BCUT2D eigenvalue weighted by molar-refractivity contribution is -0.142. The van der Waals surface area contributed by atoms with Crippen molar-refractivity contribution in [3.8, 4) is 5.75 Å². The molecule has 0 heterocycles. The molecule has 0 N–H and O–H groups in total. The molecule has 0 saturated carbocycles. The summed E-state index contributed by atoms with van der Waals surface area (Å²) in [7, 11) is 0. The van der Waals surface area contributed by atoms with E-state index in [4.69, 9.17) is 9.47 Å². The first-order chi connectivity index (χ1) is 8.02. The molecular weight excluding hydrogens is 284 g/mol. The van der Waals surface area contributed by atoms with E-state index in [1.54, 1.807) is 6.92 Å². The lowest BCUT2D eigenvalue weighted by Gasteiger charge is -2.14. The lowest BCUT2D eigenvalue weighted by Crippen LogP contribution is -2.11. The van der Waals surface area contributed by atoms with Crippen LogP contribution in [0.4, 0.5) is 0 Å². The first kappa shape index (κ1) is 14.0. The number of ether oxygens (including phenoxy) is 2. The minimum atomic E-state index is -0.233. The second-order valence-corrected chi connectivity index (χ2v) is 4.82. The molecule has 0 bridgehead atoms. The largest absolute Gasteiger partial charge is 0.491 e. The average Bonchev–Trinajstić information content (AvgIpc) is 2.21. The minimum absolute atomic E-state index is 0.0743. The molecule has 3 nitrogen and oxygen atoms in total. The van der Waals surface area contributed by atoms with Crippen molar-refractivity contribution in [2.45, 2.75) is 33.3 Å². The van der Waals surface area contributed by atoms with Crippen molar-refractivity contribution >= 4 is 21.9 Å². The molecule has 1 rings (SSSR count). The molecule has 0 fully saturated rings. The van der Waals surface area contributed by atoms with Crippen LogP contribution in [0, 0.1) is 0 Å². The van der Waals surface area contributed by atoms with Gasteiger partial charge in [0.05, 0.1) is 19.1 Å². The smallest absolute Gasteiger partial charge is 0.310 e. The Morgan fingerprint density at radius 2 is 2.12 bits per heavy atom. The van der Waals surface area contributed by atoms with Crippen molar-refractivity contribution in [3.63, 3.8) is 0 Å². The first-order valence-electron chi connectivity index (χ1n) is 5.63. The van der Waals surface area contributed by atoms with Gasteiger partial charge in [0.2, 0.25) is 0 Å². The van der Waals surface area contributed by atoms with Crippen molar-refractivity contribution in [1.29, 1.82) is 0 Å². The number of esters is 1. The Balaban J connectivity index is 2.86. The fourth-order valence-corrected chi connectivity index (χ4v) is 1.75. The summed E-state index contributed by atoms with van der Waals surface area (Å²) in [6.07, 6.45) is 0.314. The zero-order valence-electron chi connectivity index (χ0n) is 10.3. The average molecular weight is 301 g/mol. The minimum Gasteiger partial charge on any atom is -0.491 e. The SMILES string of the molecule is CCOC(=O)Cc1ccc(Br)cc1OC(C)C. The molecule has 0 radical (unpaired) electrons. The molecular formula is C13H17BrO3. The second kappa shape index (κ2) is 6.64. The highest BCUT2D eigenvalue weighted by atomic mass is 79.9. The predicted molar refractivity (Wildman–Crippen MR) is 70.2 cm³/mol. The van der Waals surface area contributed by atoms with Gasteiger partial charge in [0, 0.05) is 10.0 Å². The molecule has 94 valence electrons. The van der Waals surface area contributed by atoms with Crippen LogP contribution < -0.4 is 4.74 Å². The van der Waals surface area contributed by atoms with E-state index in [9.17, 15) is 4.79 Å². The van der Waals surface area contributed by atoms with E-state index in [1.165, 1.54) is 0 Å². The normalized spacial score (nSPS) is 10.4. The summed E-state index contributed by atoms with van der Waals surface area (Å²) in [4.78, 5) is 11.4. The highest BCUT2D eigenvalue weighted by molar-refractivity contribution is 9.10. The van der Waals surface area contributed by atoms with Crippen molar-refractivity contribution in [3.05, 3.63) is 28.2 Å². The Morgan fingerprint density at radius 3 is 2.71 bits per heavy atom. The molecule has 0 aliphatic rings. The van der Waals surface area contributed by atoms with Crippen LogP contribution >= 0.6 is 15.9 Å². The van der Waals surface area contributed by atoms with E-state index in [0.717, 1.165) is 15.8 Å². The summed E-state index contributed by atoms with van der Waals surface area (Å²) in [5.74, 6) is 0.492. The molecule has 0 spiro atoms. The number of halogens is 1. The Labute approximate surface area is 110 Å². The number of hydrogen-bond acceptors (Lipinski definition) is 3. The van der Waals surface area contributed by atoms with Crippen LogP contribution in [-0.2, 0) is 16.0 Å². The van der Waals surface area contributed by atoms with Crippen molar-refractivity contribution in [1.82, 2.24) is 0 Å². The molecule has 1 aromatic rings. The molecule has 0 aliphatic heterocycles. The summed E-state index contributed by atoms with van der Waals surface area (Å²) < 4.78 is 11.5. The quantitative estimate of drug-likeness (QED) is 0.782. The molecule has 4 heteroatoms. The van der Waals surface area contributed by atoms with Gasteiger partial charge in [-0.05, 0) is 32.9 Å². The zero-order valence-corrected chi connectivity index (χ0v) is 11.9. The highest BCUT2D eigenvalue weighted by Crippen LogP contribution is 2.25. The third kappa shape index (κ3) is 4.77. The van der Waals surface area contributed by atoms with E-state index < -0.39 is 0 Å². The van der Waals surface area contributed by atoms with E-state index in [-0.39, 0.29) is 18.5 Å². The van der Waals surface area contributed by atoms with Crippen molar-refractivity contribution < 1.29 is 14.3 Å². The van der Waals surface area contributed by atoms with Crippen LogP contribution in [0.5, 0.6) is 5.75 Å². The van der Waals surface area contributed by atoms with Crippen LogP contribution in [0.25, 0.3) is 0 Å². The van der Waals surface area contributed by atoms with Crippen LogP contribution in [0.2, 0.25) is 0 Å². The van der Waals surface area contributed by atoms with Gasteiger partial charge in [0.15, 0.2) is 0 Å². The van der Waals surface area contributed by atoms with Crippen molar-refractivity contribution in [2.75, 3.05) is 6.61 Å².